The van der Waals surface area contributed by atoms with Gasteiger partial charge >= 0.3 is 17.6 Å². The van der Waals surface area contributed by atoms with Crippen LogP contribution in [0.25, 0.3) is 0 Å². The van der Waals surface area contributed by atoms with Crippen LogP contribution in [0.3, 0.4) is 0 Å². The quantitative estimate of drug-likeness (QED) is 0.409. The molecule has 1 N–H and O–H groups in total. The molecule has 2 heterocycles. The van der Waals surface area contributed by atoms with Gasteiger partial charge in [0, 0.05) is 0 Å². The third-order valence-electron chi connectivity index (χ3n) is 5.81. The zero-order valence-corrected chi connectivity index (χ0v) is 21.5. The standard InChI is InChI=1S/C25H24ClN3O5S/c1-25(2,3)15-8-10-16(11-9-15)35(32,33)27-18-13-12-17(26)20-21(18)24(31)29(23(20)30)22-19(34-5)7-6-14-28(22)4/h6-14H,1-5H3/p+1. The van der Waals surface area contributed by atoms with Gasteiger partial charge < -0.3 is 4.74 Å². The van der Waals surface area contributed by atoms with Crippen LogP contribution in [0.2, 0.25) is 5.02 Å². The maximum Gasteiger partial charge on any atom is 0.352 e. The highest BCUT2D eigenvalue weighted by atomic mass is 35.5. The van der Waals surface area contributed by atoms with Crippen LogP contribution in [0, 0.1) is 0 Å². The summed E-state index contributed by atoms with van der Waals surface area (Å²) < 4.78 is 35.7. The molecule has 0 bridgehead atoms. The first-order valence-electron chi connectivity index (χ1n) is 10.7. The lowest BCUT2D eigenvalue weighted by molar-refractivity contribution is -0.658. The summed E-state index contributed by atoms with van der Waals surface area (Å²) in [6.45, 7) is 6.09. The normalized spacial score (nSPS) is 13.7. The Morgan fingerprint density at radius 1 is 0.971 bits per heavy atom. The van der Waals surface area contributed by atoms with Crippen LogP contribution in [0.1, 0.15) is 47.1 Å². The molecule has 0 radical (unpaired) electrons. The number of pyridine rings is 1. The Hall–Kier alpha value is -3.43. The molecule has 1 aliphatic rings. The summed E-state index contributed by atoms with van der Waals surface area (Å²) in [5.41, 5.74) is 0.596. The molecule has 1 aliphatic heterocycles. The smallest absolute Gasteiger partial charge is 0.352 e. The van der Waals surface area contributed by atoms with Crippen molar-refractivity contribution >= 4 is 44.9 Å². The molecule has 0 unspecified atom stereocenters. The molecular formula is C25H25ClN3O5S+. The van der Waals surface area contributed by atoms with Crippen molar-refractivity contribution in [3.05, 3.63) is 76.4 Å². The van der Waals surface area contributed by atoms with Gasteiger partial charge in [-0.3, -0.25) is 4.72 Å². The van der Waals surface area contributed by atoms with Crippen LogP contribution in [0.4, 0.5) is 11.5 Å². The second-order valence-corrected chi connectivity index (χ2v) is 11.3. The van der Waals surface area contributed by atoms with Gasteiger partial charge in [-0.25, -0.2) is 22.6 Å². The van der Waals surface area contributed by atoms with Gasteiger partial charge in [0.1, 0.15) is 11.1 Å². The van der Waals surface area contributed by atoms with Gasteiger partial charge in [-0.05, 0) is 47.4 Å². The number of carbonyl (C=O) groups is 2. The summed E-state index contributed by atoms with van der Waals surface area (Å²) in [5, 5.41) is 0.0379. The monoisotopic (exact) mass is 514 g/mol. The number of rotatable bonds is 5. The molecule has 0 spiro atoms. The van der Waals surface area contributed by atoms with Crippen molar-refractivity contribution < 1.29 is 27.3 Å². The van der Waals surface area contributed by atoms with Gasteiger partial charge in [-0.1, -0.05) is 44.5 Å². The number of fused-ring (bicyclic) bond motifs is 1. The molecule has 0 saturated heterocycles. The van der Waals surface area contributed by atoms with Gasteiger partial charge in [-0.2, -0.15) is 0 Å². The number of hydrogen-bond acceptors (Lipinski definition) is 5. The molecular weight excluding hydrogens is 490 g/mol. The molecule has 1 aromatic heterocycles. The minimum atomic E-state index is -4.06. The number of benzene rings is 2. The van der Waals surface area contributed by atoms with Crippen molar-refractivity contribution in [2.24, 2.45) is 7.05 Å². The van der Waals surface area contributed by atoms with Crippen molar-refractivity contribution in [1.82, 2.24) is 0 Å². The number of hydrogen-bond donors (Lipinski definition) is 1. The van der Waals surface area contributed by atoms with E-state index < -0.39 is 21.8 Å². The average Bonchev–Trinajstić information content (AvgIpc) is 3.06. The Morgan fingerprint density at radius 2 is 1.60 bits per heavy atom. The highest BCUT2D eigenvalue weighted by molar-refractivity contribution is 7.92. The van der Waals surface area contributed by atoms with Gasteiger partial charge in [0.2, 0.25) is 5.75 Å². The third kappa shape index (κ3) is 4.26. The summed E-state index contributed by atoms with van der Waals surface area (Å²) in [6, 6.07) is 12.6. The van der Waals surface area contributed by atoms with Gasteiger partial charge in [-0.15, -0.1) is 4.90 Å². The van der Waals surface area contributed by atoms with E-state index >= 15 is 0 Å². The molecule has 3 aromatic rings. The lowest BCUT2D eigenvalue weighted by Gasteiger charge is -2.19. The van der Waals surface area contributed by atoms with Crippen LogP contribution in [0.5, 0.6) is 5.75 Å². The van der Waals surface area contributed by atoms with Crippen LogP contribution < -0.4 is 18.9 Å². The second-order valence-electron chi connectivity index (χ2n) is 9.18. The number of methoxy groups -OCH3 is 1. The number of carbonyl (C=O) groups excluding carboxylic acids is 2. The summed E-state index contributed by atoms with van der Waals surface area (Å²) >= 11 is 6.30. The summed E-state index contributed by atoms with van der Waals surface area (Å²) in [7, 11) is -0.973. The van der Waals surface area contributed by atoms with E-state index in [9.17, 15) is 18.0 Å². The van der Waals surface area contributed by atoms with Crippen LogP contribution in [-0.2, 0) is 22.5 Å². The molecule has 2 amide bonds. The molecule has 182 valence electrons. The van der Waals surface area contributed by atoms with Crippen molar-refractivity contribution in [2.75, 3.05) is 16.7 Å². The van der Waals surface area contributed by atoms with E-state index in [-0.39, 0.29) is 38.0 Å². The maximum atomic E-state index is 13.5. The van der Waals surface area contributed by atoms with E-state index in [2.05, 4.69) is 4.72 Å². The lowest BCUT2D eigenvalue weighted by Crippen LogP contribution is -2.42. The number of nitrogens with zero attached hydrogens (tertiary/aromatic N) is 2. The van der Waals surface area contributed by atoms with Gasteiger partial charge in [0.15, 0.2) is 0 Å². The number of amides is 2. The van der Waals surface area contributed by atoms with Crippen LogP contribution in [-0.4, -0.2) is 27.3 Å². The van der Waals surface area contributed by atoms with E-state index in [1.165, 1.54) is 31.4 Å². The minimum absolute atomic E-state index is 0.0268. The Kier molecular flexibility index (Phi) is 6.11. The number of halogens is 1. The molecule has 35 heavy (non-hydrogen) atoms. The lowest BCUT2D eigenvalue weighted by atomic mass is 9.87. The fourth-order valence-corrected chi connectivity index (χ4v) is 5.26. The highest BCUT2D eigenvalue weighted by Crippen LogP contribution is 2.39. The Morgan fingerprint density at radius 3 is 2.20 bits per heavy atom. The number of imide groups is 1. The predicted octanol–water partition coefficient (Wildman–Crippen LogP) is 4.07. The first kappa shape index (κ1) is 24.7. The number of aromatic nitrogens is 1. The third-order valence-corrected chi connectivity index (χ3v) is 7.50. The number of aryl methyl sites for hydroxylation is 1. The Labute approximate surface area is 209 Å². The molecule has 0 saturated carbocycles. The van der Waals surface area contributed by atoms with Crippen LogP contribution >= 0.6 is 11.6 Å². The fourth-order valence-electron chi connectivity index (χ4n) is 3.95. The second kappa shape index (κ2) is 8.66. The zero-order chi connectivity index (χ0) is 25.7. The van der Waals surface area contributed by atoms with Gasteiger partial charge in [0.05, 0.1) is 36.0 Å². The largest absolute Gasteiger partial charge is 0.489 e. The van der Waals surface area contributed by atoms with Crippen LogP contribution in [0.15, 0.2) is 59.6 Å². The summed E-state index contributed by atoms with van der Waals surface area (Å²) in [4.78, 5) is 27.8. The first-order valence-corrected chi connectivity index (χ1v) is 12.6. The van der Waals surface area contributed by atoms with Gasteiger partial charge in [0.25, 0.3) is 10.0 Å². The number of sulfonamides is 1. The number of ether oxygens (including phenoxy) is 1. The Bertz CT molecular complexity index is 1460. The first-order chi connectivity index (χ1) is 16.4. The molecule has 2 aromatic carbocycles. The van der Waals surface area contributed by atoms with E-state index in [1.54, 1.807) is 42.1 Å². The number of nitrogens with one attached hydrogen (secondary N) is 1. The summed E-state index contributed by atoms with van der Waals surface area (Å²) in [6.07, 6.45) is 1.66. The number of anilines is 2. The average molecular weight is 515 g/mol. The molecule has 10 heteroatoms. The fraction of sp³-hybridized carbons (Fsp3) is 0.240. The summed E-state index contributed by atoms with van der Waals surface area (Å²) in [5.74, 6) is -0.899. The van der Waals surface area contributed by atoms with E-state index in [0.717, 1.165) is 10.5 Å². The van der Waals surface area contributed by atoms with E-state index in [4.69, 9.17) is 16.3 Å². The topological polar surface area (TPSA) is 96.7 Å². The van der Waals surface area contributed by atoms with E-state index in [0.29, 0.717) is 5.75 Å². The molecule has 0 aliphatic carbocycles. The molecule has 0 atom stereocenters. The van der Waals surface area contributed by atoms with E-state index in [1.807, 2.05) is 20.8 Å². The van der Waals surface area contributed by atoms with Crippen molar-refractivity contribution in [1.29, 1.82) is 0 Å². The molecule has 0 fully saturated rings. The maximum absolute atomic E-state index is 13.5. The van der Waals surface area contributed by atoms with Crippen molar-refractivity contribution in [3.63, 3.8) is 0 Å². The highest BCUT2D eigenvalue weighted by Gasteiger charge is 2.49. The predicted molar refractivity (Wildman–Crippen MR) is 133 cm³/mol. The van der Waals surface area contributed by atoms with Crippen molar-refractivity contribution in [3.8, 4) is 5.75 Å². The van der Waals surface area contributed by atoms with Crippen molar-refractivity contribution in [2.45, 2.75) is 31.1 Å². The zero-order valence-electron chi connectivity index (χ0n) is 19.9. The molecule has 8 nitrogen and oxygen atoms in total. The minimum Gasteiger partial charge on any atom is -0.489 e. The SMILES string of the molecule is COc1ccc[n+](C)c1N1C(=O)c2c(Cl)ccc(NS(=O)(=O)c3ccc(C(C)(C)C)cc3)c2C1=O. The molecule has 4 rings (SSSR count). The Balaban J connectivity index is 1.78.